The van der Waals surface area contributed by atoms with Gasteiger partial charge in [0.25, 0.3) is 0 Å². The highest BCUT2D eigenvalue weighted by atomic mass is 28.3. The lowest BCUT2D eigenvalue weighted by atomic mass is 10.1. The first-order chi connectivity index (χ1) is 11.4. The molecule has 2 heteroatoms. The summed E-state index contributed by atoms with van der Waals surface area (Å²) in [6.07, 6.45) is 9.13. The molecule has 1 aliphatic carbocycles. The van der Waals surface area contributed by atoms with Gasteiger partial charge in [-0.15, -0.1) is 0 Å². The monoisotopic (exact) mass is 333 g/mol. The summed E-state index contributed by atoms with van der Waals surface area (Å²) in [5.41, 5.74) is 0.0190. The van der Waals surface area contributed by atoms with Gasteiger partial charge in [-0.25, -0.2) is 0 Å². The van der Waals surface area contributed by atoms with E-state index in [1.54, 1.807) is 0 Å². The zero-order valence-corrected chi connectivity index (χ0v) is 16.1. The normalized spacial score (nSPS) is 16.5. The molecular formula is C22H27NSi. The number of benzene rings is 2. The van der Waals surface area contributed by atoms with Gasteiger partial charge in [0.1, 0.15) is 0 Å². The highest BCUT2D eigenvalue weighted by Gasteiger charge is 2.53. The second-order valence-electron chi connectivity index (χ2n) is 7.86. The van der Waals surface area contributed by atoms with Crippen LogP contribution >= 0.6 is 0 Å². The number of rotatable bonds is 4. The van der Waals surface area contributed by atoms with E-state index in [-0.39, 0.29) is 10.6 Å². The van der Waals surface area contributed by atoms with Crippen molar-refractivity contribution in [1.82, 2.24) is 4.98 Å². The minimum atomic E-state index is -2.30. The second kappa shape index (κ2) is 6.19. The van der Waals surface area contributed by atoms with Gasteiger partial charge in [0.2, 0.25) is 8.24 Å². The maximum atomic E-state index is 4.12. The first-order valence-corrected chi connectivity index (χ1v) is 10.6. The van der Waals surface area contributed by atoms with Gasteiger partial charge in [-0.3, -0.25) is 0 Å². The van der Waals surface area contributed by atoms with Crippen molar-refractivity contribution in [2.75, 3.05) is 0 Å². The molecule has 0 saturated heterocycles. The lowest BCUT2D eigenvalue weighted by Crippen LogP contribution is -2.77. The molecule has 0 amide bonds. The molecule has 1 aliphatic rings. The van der Waals surface area contributed by atoms with Crippen LogP contribution in [0.4, 0.5) is 0 Å². The standard InChI is InChI=1S/C22H27NSi/c1-21(2,3)23-24(19-13-7-5-8-14-19,20-15-9-6-10-16-20)22(4)17-11-12-18-22/h5-18,23H,1-4H3. The van der Waals surface area contributed by atoms with Gasteiger partial charge >= 0.3 is 0 Å². The Morgan fingerprint density at radius 1 is 0.750 bits per heavy atom. The molecule has 1 N–H and O–H groups in total. The number of hydrogen-bond donors (Lipinski definition) is 1. The van der Waals surface area contributed by atoms with Crippen molar-refractivity contribution in [2.45, 2.75) is 38.3 Å². The molecule has 124 valence electrons. The summed E-state index contributed by atoms with van der Waals surface area (Å²) < 4.78 is 0. The number of nitrogens with one attached hydrogen (secondary N) is 1. The van der Waals surface area contributed by atoms with Gasteiger partial charge < -0.3 is 4.98 Å². The maximum absolute atomic E-state index is 4.12. The van der Waals surface area contributed by atoms with E-state index < -0.39 is 8.24 Å². The maximum Gasteiger partial charge on any atom is 0.204 e. The summed E-state index contributed by atoms with van der Waals surface area (Å²) in [5, 5.41) is 2.83. The fourth-order valence-corrected chi connectivity index (χ4v) is 9.16. The Labute approximate surface area is 147 Å². The topological polar surface area (TPSA) is 12.0 Å². The van der Waals surface area contributed by atoms with Crippen molar-refractivity contribution >= 4 is 18.6 Å². The summed E-state index contributed by atoms with van der Waals surface area (Å²) in [4.78, 5) is 4.12. The van der Waals surface area contributed by atoms with Gasteiger partial charge in [0, 0.05) is 10.6 Å². The number of hydrogen-bond acceptors (Lipinski definition) is 1. The van der Waals surface area contributed by atoms with Crippen molar-refractivity contribution in [3.8, 4) is 0 Å². The minimum Gasteiger partial charge on any atom is -0.325 e. The van der Waals surface area contributed by atoms with E-state index in [4.69, 9.17) is 0 Å². The Morgan fingerprint density at radius 2 is 1.17 bits per heavy atom. The average molecular weight is 334 g/mol. The molecule has 1 nitrogen and oxygen atoms in total. The molecule has 2 aromatic rings. The zero-order chi connectivity index (χ0) is 17.3. The minimum absolute atomic E-state index is 0.0109. The summed E-state index contributed by atoms with van der Waals surface area (Å²) >= 11 is 0. The molecule has 0 aliphatic heterocycles. The van der Waals surface area contributed by atoms with Crippen LogP contribution in [-0.4, -0.2) is 13.8 Å². The molecule has 0 aromatic heterocycles. The molecule has 0 fully saturated rings. The molecule has 3 rings (SSSR count). The molecule has 0 unspecified atom stereocenters. The fraction of sp³-hybridized carbons (Fsp3) is 0.273. The molecule has 0 saturated carbocycles. The predicted octanol–water partition coefficient (Wildman–Crippen LogP) is 4.02. The van der Waals surface area contributed by atoms with Crippen LogP contribution in [-0.2, 0) is 0 Å². The quantitative estimate of drug-likeness (QED) is 0.833. The molecule has 0 bridgehead atoms. The van der Waals surface area contributed by atoms with Crippen molar-refractivity contribution in [3.63, 3.8) is 0 Å². The first kappa shape index (κ1) is 16.9. The summed E-state index contributed by atoms with van der Waals surface area (Å²) in [7, 11) is -2.30. The highest BCUT2D eigenvalue weighted by Crippen LogP contribution is 2.42. The van der Waals surface area contributed by atoms with Crippen molar-refractivity contribution in [1.29, 1.82) is 0 Å². The van der Waals surface area contributed by atoms with Gasteiger partial charge in [-0.2, -0.15) is 0 Å². The van der Waals surface area contributed by atoms with E-state index in [9.17, 15) is 0 Å². The summed E-state index contributed by atoms with van der Waals surface area (Å²) in [5.74, 6) is 0. The summed E-state index contributed by atoms with van der Waals surface area (Å²) in [6, 6.07) is 22.0. The third kappa shape index (κ3) is 2.92. The van der Waals surface area contributed by atoms with Crippen LogP contribution in [0.25, 0.3) is 0 Å². The smallest absolute Gasteiger partial charge is 0.204 e. The van der Waals surface area contributed by atoms with Crippen LogP contribution in [0.15, 0.2) is 85.0 Å². The third-order valence-electron chi connectivity index (χ3n) is 4.78. The van der Waals surface area contributed by atoms with E-state index in [2.05, 4.69) is 118 Å². The van der Waals surface area contributed by atoms with Crippen LogP contribution in [0, 0.1) is 0 Å². The molecule has 2 aromatic carbocycles. The molecule has 0 atom stereocenters. The van der Waals surface area contributed by atoms with Crippen LogP contribution in [0.1, 0.15) is 27.7 Å². The fourth-order valence-electron chi connectivity index (χ4n) is 3.82. The van der Waals surface area contributed by atoms with E-state index >= 15 is 0 Å². The van der Waals surface area contributed by atoms with Crippen molar-refractivity contribution in [2.24, 2.45) is 0 Å². The Hall–Kier alpha value is -1.90. The van der Waals surface area contributed by atoms with E-state index in [1.807, 2.05) is 0 Å². The Balaban J connectivity index is 2.33. The Morgan fingerprint density at radius 3 is 1.54 bits per heavy atom. The molecule has 0 spiro atoms. The van der Waals surface area contributed by atoms with E-state index in [0.29, 0.717) is 0 Å². The third-order valence-corrected chi connectivity index (χ3v) is 10.3. The molecule has 0 radical (unpaired) electrons. The van der Waals surface area contributed by atoms with Crippen LogP contribution < -0.4 is 15.4 Å². The molecule has 24 heavy (non-hydrogen) atoms. The molecular weight excluding hydrogens is 306 g/mol. The van der Waals surface area contributed by atoms with Crippen LogP contribution in [0.5, 0.6) is 0 Å². The summed E-state index contributed by atoms with van der Waals surface area (Å²) in [6.45, 7) is 9.18. The highest BCUT2D eigenvalue weighted by molar-refractivity contribution is 7.03. The lowest BCUT2D eigenvalue weighted by Gasteiger charge is -2.48. The van der Waals surface area contributed by atoms with Crippen LogP contribution in [0.2, 0.25) is 5.04 Å². The average Bonchev–Trinajstić information content (AvgIpc) is 3.01. The van der Waals surface area contributed by atoms with Gasteiger partial charge in [-0.1, -0.05) is 91.9 Å². The Kier molecular flexibility index (Phi) is 4.37. The SMILES string of the molecule is CC(C)(C)N[Si](c1ccccc1)(c1ccccc1)C1(C)C=CC=C1. The number of allylic oxidation sites excluding steroid dienone is 4. The Bertz CT molecular complexity index is 687. The van der Waals surface area contributed by atoms with Crippen molar-refractivity contribution < 1.29 is 0 Å². The van der Waals surface area contributed by atoms with Crippen LogP contribution in [0.3, 0.4) is 0 Å². The zero-order valence-electron chi connectivity index (χ0n) is 15.1. The second-order valence-corrected chi connectivity index (χ2v) is 11.8. The molecule has 0 heterocycles. The van der Waals surface area contributed by atoms with Gasteiger partial charge in [0.05, 0.1) is 0 Å². The lowest BCUT2D eigenvalue weighted by molar-refractivity contribution is 0.508. The van der Waals surface area contributed by atoms with E-state index in [1.165, 1.54) is 10.4 Å². The first-order valence-electron chi connectivity index (χ1n) is 8.65. The van der Waals surface area contributed by atoms with Gasteiger partial charge in [0.15, 0.2) is 0 Å². The largest absolute Gasteiger partial charge is 0.325 e. The van der Waals surface area contributed by atoms with E-state index in [0.717, 1.165) is 0 Å². The van der Waals surface area contributed by atoms with Crippen molar-refractivity contribution in [3.05, 3.63) is 85.0 Å². The van der Waals surface area contributed by atoms with Gasteiger partial charge in [-0.05, 0) is 31.1 Å². The predicted molar refractivity (Wildman–Crippen MR) is 107 cm³/mol.